The highest BCUT2D eigenvalue weighted by atomic mass is 35.5. The van der Waals surface area contributed by atoms with E-state index in [4.69, 9.17) is 21.2 Å². The Bertz CT molecular complexity index is 920. The van der Waals surface area contributed by atoms with Gasteiger partial charge in [-0.3, -0.25) is 4.84 Å². The lowest BCUT2D eigenvalue weighted by Crippen LogP contribution is -2.44. The average molecular weight is 416 g/mol. The fourth-order valence-corrected chi connectivity index (χ4v) is 4.68. The number of ether oxygens (including phenoxy) is 1. The molecule has 0 amide bonds. The number of nitrogens with zero attached hydrogens (tertiary/aromatic N) is 3. The van der Waals surface area contributed by atoms with Crippen LogP contribution >= 0.6 is 23.4 Å². The van der Waals surface area contributed by atoms with Crippen molar-refractivity contribution in [2.45, 2.75) is 23.1 Å². The molecule has 1 saturated heterocycles. The predicted molar refractivity (Wildman–Crippen MR) is 112 cm³/mol. The van der Waals surface area contributed by atoms with E-state index in [-0.39, 0.29) is 6.10 Å². The van der Waals surface area contributed by atoms with Gasteiger partial charge < -0.3 is 9.30 Å². The van der Waals surface area contributed by atoms with Crippen LogP contribution in [0.2, 0.25) is 5.02 Å². The lowest BCUT2D eigenvalue weighted by Gasteiger charge is -2.35. The number of aromatic nitrogens is 2. The normalized spacial score (nSPS) is 22.5. The van der Waals surface area contributed by atoms with Crippen LogP contribution in [-0.4, -0.2) is 40.6 Å². The van der Waals surface area contributed by atoms with Gasteiger partial charge in [-0.1, -0.05) is 23.7 Å². The largest absolute Gasteiger partial charge is 0.497 e. The zero-order valence-electron chi connectivity index (χ0n) is 15.8. The summed E-state index contributed by atoms with van der Waals surface area (Å²) in [6, 6.07) is 16.0. The number of methoxy groups -OCH3 is 1. The summed E-state index contributed by atoms with van der Waals surface area (Å²) in [5.74, 6) is 1.66. The summed E-state index contributed by atoms with van der Waals surface area (Å²) in [4.78, 5) is 11.7. The Balaban J connectivity index is 1.61. The highest BCUT2D eigenvalue weighted by Gasteiger charge is 2.48. The van der Waals surface area contributed by atoms with Crippen molar-refractivity contribution in [3.8, 4) is 5.75 Å². The summed E-state index contributed by atoms with van der Waals surface area (Å²) in [5.41, 5.74) is 0.627. The Morgan fingerprint density at radius 2 is 2.11 bits per heavy atom. The Hall–Kier alpha value is -1.99. The number of hydroxylamine groups is 2. The van der Waals surface area contributed by atoms with Crippen LogP contribution in [0.3, 0.4) is 0 Å². The van der Waals surface area contributed by atoms with Crippen molar-refractivity contribution in [1.82, 2.24) is 14.6 Å². The molecular formula is C21H22ClN3O2S. The molecule has 2 aromatic carbocycles. The maximum atomic E-state index is 6.27. The number of hydrogen-bond acceptors (Lipinski definition) is 5. The molecule has 2 atom stereocenters. The average Bonchev–Trinajstić information content (AvgIpc) is 3.36. The van der Waals surface area contributed by atoms with Crippen LogP contribution in [0.1, 0.15) is 12.0 Å². The third kappa shape index (κ3) is 3.65. The standard InChI is InChI=1S/C21H22ClN3O2S/c1-24-21(25-11-10-23-15-25,16-4-3-5-18(12-16)26-2)13-19(27-24)14-28-20-8-6-17(22)7-9-20/h3-12,15,19H,13-14H2,1-2H3/t19-,21+/m0/s1. The van der Waals surface area contributed by atoms with E-state index in [0.29, 0.717) is 0 Å². The van der Waals surface area contributed by atoms with E-state index < -0.39 is 5.66 Å². The fourth-order valence-electron chi connectivity index (χ4n) is 3.67. The summed E-state index contributed by atoms with van der Waals surface area (Å²) in [6.07, 6.45) is 6.47. The molecule has 0 saturated carbocycles. The quantitative estimate of drug-likeness (QED) is 0.547. The molecule has 0 radical (unpaired) electrons. The van der Waals surface area contributed by atoms with Gasteiger partial charge >= 0.3 is 0 Å². The van der Waals surface area contributed by atoms with Crippen LogP contribution in [0.4, 0.5) is 0 Å². The number of rotatable bonds is 6. The van der Waals surface area contributed by atoms with E-state index in [9.17, 15) is 0 Å². The van der Waals surface area contributed by atoms with Gasteiger partial charge in [-0.25, -0.2) is 4.98 Å². The predicted octanol–water partition coefficient (Wildman–Crippen LogP) is 4.67. The van der Waals surface area contributed by atoms with Gasteiger partial charge in [-0.05, 0) is 42.0 Å². The molecule has 28 heavy (non-hydrogen) atoms. The lowest BCUT2D eigenvalue weighted by atomic mass is 9.93. The summed E-state index contributed by atoms with van der Waals surface area (Å²) in [5, 5.41) is 2.69. The molecule has 1 aliphatic heterocycles. The van der Waals surface area contributed by atoms with E-state index in [1.165, 1.54) is 4.90 Å². The van der Waals surface area contributed by atoms with Gasteiger partial charge in [0.05, 0.1) is 19.5 Å². The first-order chi connectivity index (χ1) is 13.6. The first-order valence-corrected chi connectivity index (χ1v) is 10.4. The number of benzene rings is 2. The van der Waals surface area contributed by atoms with Crippen LogP contribution in [0.25, 0.3) is 0 Å². The van der Waals surface area contributed by atoms with Gasteiger partial charge in [-0.15, -0.1) is 11.8 Å². The van der Waals surface area contributed by atoms with E-state index in [0.717, 1.165) is 28.5 Å². The fraction of sp³-hybridized carbons (Fsp3) is 0.286. The summed E-state index contributed by atoms with van der Waals surface area (Å²) < 4.78 is 7.56. The van der Waals surface area contributed by atoms with E-state index in [2.05, 4.69) is 21.7 Å². The number of halogens is 1. The molecule has 5 nitrogen and oxygen atoms in total. The molecule has 0 N–H and O–H groups in total. The maximum Gasteiger partial charge on any atom is 0.149 e. The van der Waals surface area contributed by atoms with Crippen LogP contribution in [-0.2, 0) is 10.5 Å². The van der Waals surface area contributed by atoms with Gasteiger partial charge in [0.15, 0.2) is 0 Å². The number of thioether (sulfide) groups is 1. The first kappa shape index (κ1) is 19.3. The summed E-state index contributed by atoms with van der Waals surface area (Å²) in [6.45, 7) is 0. The van der Waals surface area contributed by atoms with E-state index in [1.54, 1.807) is 25.1 Å². The third-order valence-electron chi connectivity index (χ3n) is 5.05. The third-order valence-corrected chi connectivity index (χ3v) is 6.45. The van der Waals surface area contributed by atoms with Crippen LogP contribution < -0.4 is 4.74 Å². The molecule has 1 aromatic heterocycles. The minimum atomic E-state index is -0.476. The highest BCUT2D eigenvalue weighted by Crippen LogP contribution is 2.43. The van der Waals surface area contributed by atoms with Crippen molar-refractivity contribution in [3.05, 3.63) is 77.8 Å². The van der Waals surface area contributed by atoms with Crippen molar-refractivity contribution in [2.75, 3.05) is 19.9 Å². The zero-order valence-corrected chi connectivity index (χ0v) is 17.4. The Morgan fingerprint density at radius 3 is 2.82 bits per heavy atom. The van der Waals surface area contributed by atoms with Gasteiger partial charge in [0.2, 0.25) is 0 Å². The first-order valence-electron chi connectivity index (χ1n) is 9.04. The van der Waals surface area contributed by atoms with Crippen molar-refractivity contribution in [2.24, 2.45) is 0 Å². The summed E-state index contributed by atoms with van der Waals surface area (Å²) in [7, 11) is 3.66. The molecule has 2 heterocycles. The minimum absolute atomic E-state index is 0.0549. The Labute approximate surface area is 174 Å². The van der Waals surface area contributed by atoms with Crippen molar-refractivity contribution < 1.29 is 9.57 Å². The molecule has 0 bridgehead atoms. The van der Waals surface area contributed by atoms with Crippen molar-refractivity contribution in [1.29, 1.82) is 0 Å². The number of imidazole rings is 1. The van der Waals surface area contributed by atoms with Crippen LogP contribution in [0.5, 0.6) is 5.75 Å². The van der Waals surface area contributed by atoms with E-state index >= 15 is 0 Å². The number of hydrogen-bond donors (Lipinski definition) is 0. The lowest BCUT2D eigenvalue weighted by molar-refractivity contribution is -0.173. The SMILES string of the molecule is COc1cccc([C@]2(n3ccnc3)C[C@@H](CSc3ccc(Cl)cc3)ON2C)c1. The van der Waals surface area contributed by atoms with Crippen LogP contribution in [0, 0.1) is 0 Å². The molecular weight excluding hydrogens is 394 g/mol. The van der Waals surface area contributed by atoms with Gasteiger partial charge in [-0.2, -0.15) is 5.06 Å². The monoisotopic (exact) mass is 415 g/mol. The molecule has 0 aliphatic carbocycles. The summed E-state index contributed by atoms with van der Waals surface area (Å²) >= 11 is 7.75. The van der Waals surface area contributed by atoms with E-state index in [1.807, 2.05) is 61.0 Å². The molecule has 7 heteroatoms. The second-order valence-electron chi connectivity index (χ2n) is 6.71. The molecule has 4 rings (SSSR count). The molecule has 146 valence electrons. The Morgan fingerprint density at radius 1 is 1.29 bits per heavy atom. The Kier molecular flexibility index (Phi) is 5.64. The zero-order chi connectivity index (χ0) is 19.6. The van der Waals surface area contributed by atoms with Gasteiger partial charge in [0, 0.05) is 41.5 Å². The van der Waals surface area contributed by atoms with Crippen LogP contribution in [0.15, 0.2) is 72.1 Å². The smallest absolute Gasteiger partial charge is 0.149 e. The van der Waals surface area contributed by atoms with Gasteiger partial charge in [0.1, 0.15) is 11.4 Å². The molecule has 0 spiro atoms. The van der Waals surface area contributed by atoms with Gasteiger partial charge in [0.25, 0.3) is 0 Å². The van der Waals surface area contributed by atoms with Crippen molar-refractivity contribution in [3.63, 3.8) is 0 Å². The molecule has 1 fully saturated rings. The molecule has 0 unspecified atom stereocenters. The second kappa shape index (κ2) is 8.17. The second-order valence-corrected chi connectivity index (χ2v) is 8.24. The van der Waals surface area contributed by atoms with Crippen molar-refractivity contribution >= 4 is 23.4 Å². The molecule has 1 aliphatic rings. The molecule has 3 aromatic rings. The maximum absolute atomic E-state index is 6.27. The minimum Gasteiger partial charge on any atom is -0.497 e. The highest BCUT2D eigenvalue weighted by molar-refractivity contribution is 7.99. The topological polar surface area (TPSA) is 39.5 Å².